The van der Waals surface area contributed by atoms with Crippen LogP contribution in [0.4, 0.5) is 4.39 Å². The van der Waals surface area contributed by atoms with E-state index in [1.165, 1.54) is 24.4 Å². The number of nitrogens with zero attached hydrogens (tertiary/aromatic N) is 2. The van der Waals surface area contributed by atoms with Gasteiger partial charge in [-0.15, -0.1) is 0 Å². The molecule has 1 aromatic heterocycles. The summed E-state index contributed by atoms with van der Waals surface area (Å²) in [5.74, 6) is -1.26. The summed E-state index contributed by atoms with van der Waals surface area (Å²) in [5, 5.41) is 8.98. The predicted molar refractivity (Wildman–Crippen MR) is 66.8 cm³/mol. The van der Waals surface area contributed by atoms with Crippen LogP contribution in [0.3, 0.4) is 0 Å². The van der Waals surface area contributed by atoms with Crippen molar-refractivity contribution < 1.29 is 14.3 Å². The molecule has 1 N–H and O–H groups in total. The second kappa shape index (κ2) is 4.81. The van der Waals surface area contributed by atoms with Gasteiger partial charge in [-0.1, -0.05) is 0 Å². The number of aromatic carboxylic acids is 1. The molecule has 0 bridgehead atoms. The van der Waals surface area contributed by atoms with Crippen LogP contribution in [0.5, 0.6) is 0 Å². The van der Waals surface area contributed by atoms with Crippen molar-refractivity contribution in [1.29, 1.82) is 0 Å². The highest BCUT2D eigenvalue weighted by Crippen LogP contribution is 2.23. The number of aromatic nitrogens is 2. The van der Waals surface area contributed by atoms with Crippen LogP contribution in [0.2, 0.25) is 0 Å². The summed E-state index contributed by atoms with van der Waals surface area (Å²) in [5.41, 5.74) is 0.971. The van der Waals surface area contributed by atoms with Gasteiger partial charge in [0.25, 0.3) is 0 Å². The number of carbonyl (C=O) groups is 1. The molecule has 0 amide bonds. The molecule has 2 aromatic rings. The minimum atomic E-state index is -1.11. The quantitative estimate of drug-likeness (QED) is 0.926. The molecular weight excluding hydrogens is 303 g/mol. The van der Waals surface area contributed by atoms with Gasteiger partial charge in [0, 0.05) is 17.3 Å². The number of hydrogen-bond donors (Lipinski definition) is 1. The van der Waals surface area contributed by atoms with Crippen LogP contribution in [0.1, 0.15) is 16.1 Å². The largest absolute Gasteiger partial charge is 0.477 e. The Morgan fingerprint density at radius 1 is 1.44 bits per heavy atom. The Morgan fingerprint density at radius 2 is 2.17 bits per heavy atom. The first kappa shape index (κ1) is 12.6. The number of carboxylic acids is 1. The zero-order valence-corrected chi connectivity index (χ0v) is 10.9. The first-order valence-corrected chi connectivity index (χ1v) is 5.80. The first-order chi connectivity index (χ1) is 8.49. The number of carboxylic acid groups (broad SMARTS) is 1. The lowest BCUT2D eigenvalue weighted by atomic mass is 10.2. The summed E-state index contributed by atoms with van der Waals surface area (Å²) < 4.78 is 13.4. The lowest BCUT2D eigenvalue weighted by Crippen LogP contribution is -2.05. The summed E-state index contributed by atoms with van der Waals surface area (Å²) in [6.07, 6.45) is 1.43. The zero-order valence-electron chi connectivity index (χ0n) is 9.32. The maximum atomic E-state index is 13.1. The molecule has 0 radical (unpaired) electrons. The molecule has 6 heteroatoms. The molecule has 0 spiro atoms. The molecule has 18 heavy (non-hydrogen) atoms. The number of hydrogen-bond acceptors (Lipinski definition) is 3. The molecule has 1 aromatic carbocycles. The second-order valence-electron chi connectivity index (χ2n) is 3.66. The standard InChI is InChI=1S/C12H8BrFN2O2/c1-6-5-15-11(16-10(6)12(17)18)7-2-3-9(14)8(13)4-7/h2-5H,1H3,(H,17,18). The van der Waals surface area contributed by atoms with Crippen LogP contribution in [-0.4, -0.2) is 21.0 Å². The fraction of sp³-hybridized carbons (Fsp3) is 0.0833. The van der Waals surface area contributed by atoms with Crippen molar-refractivity contribution in [3.63, 3.8) is 0 Å². The zero-order chi connectivity index (χ0) is 13.3. The van der Waals surface area contributed by atoms with Crippen LogP contribution < -0.4 is 0 Å². The van der Waals surface area contributed by atoms with E-state index in [0.717, 1.165) is 0 Å². The summed E-state index contributed by atoms with van der Waals surface area (Å²) in [6, 6.07) is 4.27. The van der Waals surface area contributed by atoms with Crippen LogP contribution in [-0.2, 0) is 0 Å². The summed E-state index contributed by atoms with van der Waals surface area (Å²) in [7, 11) is 0. The number of aryl methyl sites for hydroxylation is 1. The van der Waals surface area contributed by atoms with Crippen molar-refractivity contribution in [2.45, 2.75) is 6.92 Å². The lowest BCUT2D eigenvalue weighted by Gasteiger charge is -2.04. The van der Waals surface area contributed by atoms with Crippen molar-refractivity contribution in [3.8, 4) is 11.4 Å². The molecule has 2 rings (SSSR count). The van der Waals surface area contributed by atoms with Crippen molar-refractivity contribution in [3.05, 3.63) is 45.9 Å². The summed E-state index contributed by atoms with van der Waals surface area (Å²) in [4.78, 5) is 19.0. The Morgan fingerprint density at radius 3 is 2.78 bits per heavy atom. The average molecular weight is 311 g/mol. The van der Waals surface area contributed by atoms with Gasteiger partial charge >= 0.3 is 5.97 Å². The predicted octanol–water partition coefficient (Wildman–Crippen LogP) is 3.05. The number of rotatable bonds is 2. The Bertz CT molecular complexity index is 631. The Labute approximate surface area is 111 Å². The van der Waals surface area contributed by atoms with Crippen LogP contribution in [0.25, 0.3) is 11.4 Å². The second-order valence-corrected chi connectivity index (χ2v) is 4.51. The first-order valence-electron chi connectivity index (χ1n) is 5.01. The highest BCUT2D eigenvalue weighted by atomic mass is 79.9. The maximum absolute atomic E-state index is 13.1. The highest BCUT2D eigenvalue weighted by Gasteiger charge is 2.12. The molecule has 0 saturated heterocycles. The van der Waals surface area contributed by atoms with E-state index < -0.39 is 11.8 Å². The van der Waals surface area contributed by atoms with Gasteiger partial charge in [-0.25, -0.2) is 19.2 Å². The van der Waals surface area contributed by atoms with Gasteiger partial charge in [-0.05, 0) is 41.1 Å². The van der Waals surface area contributed by atoms with Crippen LogP contribution >= 0.6 is 15.9 Å². The summed E-state index contributed by atoms with van der Waals surface area (Å²) >= 11 is 3.06. The van der Waals surface area contributed by atoms with Crippen molar-refractivity contribution >= 4 is 21.9 Å². The fourth-order valence-electron chi connectivity index (χ4n) is 1.43. The molecule has 0 aliphatic heterocycles. The van der Waals surface area contributed by atoms with Gasteiger partial charge in [-0.3, -0.25) is 0 Å². The lowest BCUT2D eigenvalue weighted by molar-refractivity contribution is 0.0689. The van der Waals surface area contributed by atoms with E-state index in [1.807, 2.05) is 0 Å². The average Bonchev–Trinajstić information content (AvgIpc) is 2.33. The smallest absolute Gasteiger partial charge is 0.354 e. The molecule has 0 saturated carbocycles. The van der Waals surface area contributed by atoms with E-state index in [9.17, 15) is 9.18 Å². The van der Waals surface area contributed by atoms with E-state index in [2.05, 4.69) is 25.9 Å². The van der Waals surface area contributed by atoms with Crippen LogP contribution in [0.15, 0.2) is 28.9 Å². The van der Waals surface area contributed by atoms with Crippen molar-refractivity contribution in [1.82, 2.24) is 9.97 Å². The van der Waals surface area contributed by atoms with E-state index in [-0.39, 0.29) is 16.0 Å². The minimum absolute atomic E-state index is 0.0551. The molecule has 0 aliphatic rings. The van der Waals surface area contributed by atoms with Crippen molar-refractivity contribution in [2.75, 3.05) is 0 Å². The third-order valence-electron chi connectivity index (χ3n) is 2.35. The number of benzene rings is 1. The SMILES string of the molecule is Cc1cnc(-c2ccc(F)c(Br)c2)nc1C(=O)O. The van der Waals surface area contributed by atoms with Gasteiger partial charge in [-0.2, -0.15) is 0 Å². The van der Waals surface area contributed by atoms with Crippen molar-refractivity contribution in [2.24, 2.45) is 0 Å². The van der Waals surface area contributed by atoms with Gasteiger partial charge in [0.05, 0.1) is 4.47 Å². The monoisotopic (exact) mass is 310 g/mol. The van der Waals surface area contributed by atoms with Crippen LogP contribution in [0, 0.1) is 12.7 Å². The van der Waals surface area contributed by atoms with Gasteiger partial charge in [0.1, 0.15) is 5.82 Å². The maximum Gasteiger partial charge on any atom is 0.354 e. The van der Waals surface area contributed by atoms with E-state index in [1.54, 1.807) is 6.92 Å². The van der Waals surface area contributed by atoms with Gasteiger partial charge < -0.3 is 5.11 Å². The third kappa shape index (κ3) is 2.38. The highest BCUT2D eigenvalue weighted by molar-refractivity contribution is 9.10. The molecule has 4 nitrogen and oxygen atoms in total. The normalized spacial score (nSPS) is 10.4. The molecular formula is C12H8BrFN2O2. The molecule has 0 fully saturated rings. The topological polar surface area (TPSA) is 63.1 Å². The molecule has 0 atom stereocenters. The third-order valence-corrected chi connectivity index (χ3v) is 2.96. The van der Waals surface area contributed by atoms with Gasteiger partial charge in [0.2, 0.25) is 0 Å². The minimum Gasteiger partial charge on any atom is -0.477 e. The Hall–Kier alpha value is -1.82. The van der Waals surface area contributed by atoms with E-state index in [0.29, 0.717) is 11.1 Å². The Balaban J connectivity index is 2.54. The molecule has 0 aliphatic carbocycles. The van der Waals surface area contributed by atoms with E-state index in [4.69, 9.17) is 5.11 Å². The molecule has 1 heterocycles. The fourth-order valence-corrected chi connectivity index (χ4v) is 1.81. The van der Waals surface area contributed by atoms with E-state index >= 15 is 0 Å². The summed E-state index contributed by atoms with van der Waals surface area (Å²) in [6.45, 7) is 1.62. The van der Waals surface area contributed by atoms with Gasteiger partial charge in [0.15, 0.2) is 11.5 Å². The molecule has 92 valence electrons. The molecule has 0 unspecified atom stereocenters. The Kier molecular flexibility index (Phi) is 3.38. The number of halogens is 2.